The molecule has 2 N–H and O–H groups in total. The fraction of sp³-hybridized carbons (Fsp3) is 0.750. The van der Waals surface area contributed by atoms with Gasteiger partial charge in [0.15, 0.2) is 0 Å². The summed E-state index contributed by atoms with van der Waals surface area (Å²) in [6.07, 6.45) is 1.25. The van der Waals surface area contributed by atoms with Gasteiger partial charge in [0.25, 0.3) is 0 Å². The van der Waals surface area contributed by atoms with Crippen molar-refractivity contribution in [3.8, 4) is 0 Å². The zero-order chi connectivity index (χ0) is 14.7. The molecule has 1 aliphatic carbocycles. The molecular weight excluding hydrogens is 252 g/mol. The number of nitrogens with two attached hydrogens (primary N) is 1. The predicted molar refractivity (Wildman–Crippen MR) is 80.7 cm³/mol. The highest BCUT2D eigenvalue weighted by atomic mass is 16.5. The monoisotopic (exact) mass is 280 g/mol. The van der Waals surface area contributed by atoms with Crippen molar-refractivity contribution >= 4 is 0 Å². The molecule has 1 heterocycles. The van der Waals surface area contributed by atoms with E-state index in [2.05, 4.69) is 37.8 Å². The molecule has 1 aromatic heterocycles. The summed E-state index contributed by atoms with van der Waals surface area (Å²) < 4.78 is 11.3. The summed E-state index contributed by atoms with van der Waals surface area (Å²) in [5.74, 6) is 3.50. The number of rotatable bonds is 8. The van der Waals surface area contributed by atoms with E-state index in [1.54, 1.807) is 7.11 Å². The summed E-state index contributed by atoms with van der Waals surface area (Å²) in [5, 5.41) is 0. The van der Waals surface area contributed by atoms with E-state index in [-0.39, 0.29) is 6.04 Å². The molecule has 2 rings (SSSR count). The Hall–Kier alpha value is -0.840. The Balaban J connectivity index is 2.10. The maximum Gasteiger partial charge on any atom is 0.122 e. The van der Waals surface area contributed by atoms with E-state index >= 15 is 0 Å². The Kier molecular flexibility index (Phi) is 5.24. The smallest absolute Gasteiger partial charge is 0.122 e. The van der Waals surface area contributed by atoms with Gasteiger partial charge in [-0.3, -0.25) is 4.90 Å². The molecule has 3 unspecified atom stereocenters. The van der Waals surface area contributed by atoms with Gasteiger partial charge in [0, 0.05) is 32.2 Å². The minimum absolute atomic E-state index is 0.132. The van der Waals surface area contributed by atoms with Crippen molar-refractivity contribution in [3.05, 3.63) is 23.7 Å². The number of methoxy groups -OCH3 is 1. The average molecular weight is 280 g/mol. The summed E-state index contributed by atoms with van der Waals surface area (Å²) in [6, 6.07) is 4.77. The Morgan fingerprint density at radius 1 is 1.45 bits per heavy atom. The molecule has 0 bridgehead atoms. The first-order valence-corrected chi connectivity index (χ1v) is 7.62. The van der Waals surface area contributed by atoms with Gasteiger partial charge in [-0.25, -0.2) is 0 Å². The predicted octanol–water partition coefficient (Wildman–Crippen LogP) is 2.76. The highest BCUT2D eigenvalue weighted by molar-refractivity contribution is 5.19. The number of furan rings is 1. The van der Waals surface area contributed by atoms with Gasteiger partial charge in [0.05, 0.1) is 12.6 Å². The molecule has 4 nitrogen and oxygen atoms in total. The molecule has 3 atom stereocenters. The Bertz CT molecular complexity index is 416. The van der Waals surface area contributed by atoms with Crippen LogP contribution in [0.15, 0.2) is 16.5 Å². The van der Waals surface area contributed by atoms with E-state index in [4.69, 9.17) is 14.9 Å². The van der Waals surface area contributed by atoms with Crippen LogP contribution in [0, 0.1) is 5.92 Å². The first-order chi connectivity index (χ1) is 9.58. The maximum absolute atomic E-state index is 6.08. The van der Waals surface area contributed by atoms with Gasteiger partial charge in [0.2, 0.25) is 0 Å². The molecule has 1 saturated carbocycles. The van der Waals surface area contributed by atoms with Crippen LogP contribution in [0.1, 0.15) is 50.7 Å². The lowest BCUT2D eigenvalue weighted by atomic mass is 10.1. The van der Waals surface area contributed by atoms with Crippen LogP contribution < -0.4 is 5.73 Å². The average Bonchev–Trinajstić information content (AvgIpc) is 2.96. The van der Waals surface area contributed by atoms with Crippen molar-refractivity contribution in [2.45, 2.75) is 45.2 Å². The molecule has 20 heavy (non-hydrogen) atoms. The van der Waals surface area contributed by atoms with Crippen molar-refractivity contribution in [2.24, 2.45) is 11.7 Å². The second-order valence-electron chi connectivity index (χ2n) is 6.14. The molecular formula is C16H28N2O2. The molecule has 0 amide bonds. The van der Waals surface area contributed by atoms with Gasteiger partial charge in [-0.1, -0.05) is 6.92 Å². The van der Waals surface area contributed by atoms with Gasteiger partial charge in [-0.15, -0.1) is 0 Å². The number of hydrogen-bond donors (Lipinski definition) is 1. The minimum atomic E-state index is 0.132. The summed E-state index contributed by atoms with van der Waals surface area (Å²) in [6.45, 7) is 8.78. The van der Waals surface area contributed by atoms with Gasteiger partial charge in [-0.2, -0.15) is 0 Å². The van der Waals surface area contributed by atoms with Crippen molar-refractivity contribution in [1.29, 1.82) is 0 Å². The third-order valence-corrected chi connectivity index (χ3v) is 4.29. The van der Waals surface area contributed by atoms with Gasteiger partial charge in [0.1, 0.15) is 11.5 Å². The van der Waals surface area contributed by atoms with Crippen LogP contribution in [-0.4, -0.2) is 37.7 Å². The maximum atomic E-state index is 6.08. The summed E-state index contributed by atoms with van der Waals surface area (Å²) in [5.41, 5.74) is 6.00. The summed E-state index contributed by atoms with van der Waals surface area (Å²) >= 11 is 0. The number of ether oxygens (including phenoxy) is 1. The van der Waals surface area contributed by atoms with Crippen LogP contribution in [0.2, 0.25) is 0 Å². The topological polar surface area (TPSA) is 51.6 Å². The molecule has 0 aliphatic heterocycles. The van der Waals surface area contributed by atoms with E-state index in [1.165, 1.54) is 6.42 Å². The number of nitrogens with zero attached hydrogens (tertiary/aromatic N) is 1. The Morgan fingerprint density at radius 3 is 2.65 bits per heavy atom. The molecule has 1 aromatic rings. The first kappa shape index (κ1) is 15.5. The highest BCUT2D eigenvalue weighted by Crippen LogP contribution is 2.47. The van der Waals surface area contributed by atoms with E-state index in [0.29, 0.717) is 25.1 Å². The zero-order valence-corrected chi connectivity index (χ0v) is 13.1. The zero-order valence-electron chi connectivity index (χ0n) is 13.1. The van der Waals surface area contributed by atoms with E-state index in [0.717, 1.165) is 24.0 Å². The summed E-state index contributed by atoms with van der Waals surface area (Å²) in [4.78, 5) is 2.35. The van der Waals surface area contributed by atoms with Crippen molar-refractivity contribution in [3.63, 3.8) is 0 Å². The van der Waals surface area contributed by atoms with Crippen LogP contribution in [0.5, 0.6) is 0 Å². The first-order valence-electron chi connectivity index (χ1n) is 7.62. The SMILES string of the molecule is COCCN(C(C)C)C(CN)c1ccc(C2CC2C)o1. The summed E-state index contributed by atoms with van der Waals surface area (Å²) in [7, 11) is 1.73. The van der Waals surface area contributed by atoms with E-state index in [9.17, 15) is 0 Å². The standard InChI is InChI=1S/C16H28N2O2/c1-11(2)18(7-8-19-4)14(10-17)16-6-5-15(20-16)13-9-12(13)3/h5-6,11-14H,7-10,17H2,1-4H3. The van der Waals surface area contributed by atoms with Crippen molar-refractivity contribution in [2.75, 3.05) is 26.8 Å². The highest BCUT2D eigenvalue weighted by Gasteiger charge is 2.37. The fourth-order valence-corrected chi connectivity index (χ4v) is 2.85. The van der Waals surface area contributed by atoms with Crippen LogP contribution in [0.4, 0.5) is 0 Å². The normalized spacial score (nSPS) is 23.6. The molecule has 1 aliphatic rings. The quantitative estimate of drug-likeness (QED) is 0.795. The lowest BCUT2D eigenvalue weighted by Crippen LogP contribution is -2.40. The third kappa shape index (κ3) is 3.43. The molecule has 0 radical (unpaired) electrons. The van der Waals surface area contributed by atoms with E-state index in [1.807, 2.05) is 0 Å². The molecule has 114 valence electrons. The van der Waals surface area contributed by atoms with Gasteiger partial charge >= 0.3 is 0 Å². The molecule has 0 saturated heterocycles. The van der Waals surface area contributed by atoms with Gasteiger partial charge < -0.3 is 14.9 Å². The van der Waals surface area contributed by atoms with E-state index < -0.39 is 0 Å². The lowest BCUT2D eigenvalue weighted by molar-refractivity contribution is 0.0885. The van der Waals surface area contributed by atoms with Crippen LogP contribution >= 0.6 is 0 Å². The minimum Gasteiger partial charge on any atom is -0.464 e. The van der Waals surface area contributed by atoms with Crippen LogP contribution in [0.25, 0.3) is 0 Å². The molecule has 0 spiro atoms. The molecule has 1 fully saturated rings. The number of hydrogen-bond acceptors (Lipinski definition) is 4. The fourth-order valence-electron chi connectivity index (χ4n) is 2.85. The van der Waals surface area contributed by atoms with Gasteiger partial charge in [-0.05, 0) is 38.3 Å². The Labute approximate surface area is 122 Å². The van der Waals surface area contributed by atoms with Crippen LogP contribution in [0.3, 0.4) is 0 Å². The molecule has 0 aromatic carbocycles. The van der Waals surface area contributed by atoms with Crippen molar-refractivity contribution in [1.82, 2.24) is 4.90 Å². The second kappa shape index (κ2) is 6.74. The van der Waals surface area contributed by atoms with Crippen LogP contribution in [-0.2, 0) is 4.74 Å². The largest absolute Gasteiger partial charge is 0.464 e. The second-order valence-corrected chi connectivity index (χ2v) is 6.14. The Morgan fingerprint density at radius 2 is 2.15 bits per heavy atom. The lowest BCUT2D eigenvalue weighted by Gasteiger charge is -2.32. The third-order valence-electron chi connectivity index (χ3n) is 4.29. The molecule has 4 heteroatoms. The van der Waals surface area contributed by atoms with Crippen molar-refractivity contribution < 1.29 is 9.15 Å².